The van der Waals surface area contributed by atoms with Gasteiger partial charge in [0.25, 0.3) is 0 Å². The van der Waals surface area contributed by atoms with Crippen molar-refractivity contribution in [3.8, 4) is 0 Å². The second-order valence-electron chi connectivity index (χ2n) is 7.27. The van der Waals surface area contributed by atoms with E-state index in [1.807, 2.05) is 11.0 Å². The molecule has 0 saturated carbocycles. The fourth-order valence-electron chi connectivity index (χ4n) is 3.74. The van der Waals surface area contributed by atoms with E-state index in [1.54, 1.807) is 0 Å². The van der Waals surface area contributed by atoms with Crippen molar-refractivity contribution in [2.45, 2.75) is 33.6 Å². The molecule has 3 rings (SSSR count). The van der Waals surface area contributed by atoms with E-state index in [0.29, 0.717) is 13.0 Å². The molecule has 2 aromatic rings. The third-order valence-corrected chi connectivity index (χ3v) is 5.60. The van der Waals surface area contributed by atoms with Crippen molar-refractivity contribution in [1.29, 1.82) is 0 Å². The monoisotopic (exact) mass is 365 g/mol. The zero-order valence-electron chi connectivity index (χ0n) is 16.8. The molecule has 4 heteroatoms. The van der Waals surface area contributed by atoms with Crippen LogP contribution in [0.15, 0.2) is 42.5 Å². The lowest BCUT2D eigenvalue weighted by Crippen LogP contribution is -2.49. The van der Waals surface area contributed by atoms with Gasteiger partial charge in [-0.2, -0.15) is 0 Å². The fraction of sp³-hybridized carbons (Fsp3) is 0.435. The van der Waals surface area contributed by atoms with Crippen LogP contribution in [0.4, 0.5) is 11.4 Å². The first-order valence-corrected chi connectivity index (χ1v) is 10.0. The number of aryl methyl sites for hydroxylation is 2. The Balaban J connectivity index is 1.48. The molecule has 1 N–H and O–H groups in total. The quantitative estimate of drug-likeness (QED) is 0.840. The maximum absolute atomic E-state index is 12.6. The van der Waals surface area contributed by atoms with Crippen LogP contribution < -0.4 is 10.2 Å². The predicted octanol–water partition coefficient (Wildman–Crippen LogP) is 4.02. The number of para-hydroxylation sites is 1. The van der Waals surface area contributed by atoms with Crippen LogP contribution >= 0.6 is 0 Å². The maximum Gasteiger partial charge on any atom is 0.224 e. The summed E-state index contributed by atoms with van der Waals surface area (Å²) < 4.78 is 0. The normalized spacial score (nSPS) is 14.3. The van der Waals surface area contributed by atoms with Crippen LogP contribution in [0.3, 0.4) is 0 Å². The van der Waals surface area contributed by atoms with Crippen molar-refractivity contribution in [2.24, 2.45) is 0 Å². The van der Waals surface area contributed by atoms with Gasteiger partial charge >= 0.3 is 0 Å². The zero-order valence-corrected chi connectivity index (χ0v) is 16.8. The Bertz CT molecular complexity index is 779. The molecule has 1 amide bonds. The van der Waals surface area contributed by atoms with Gasteiger partial charge in [0.2, 0.25) is 5.91 Å². The highest BCUT2D eigenvalue weighted by molar-refractivity contribution is 5.77. The number of anilines is 2. The van der Waals surface area contributed by atoms with E-state index in [2.05, 4.69) is 67.4 Å². The molecule has 27 heavy (non-hydrogen) atoms. The van der Waals surface area contributed by atoms with Crippen LogP contribution in [0, 0.1) is 13.8 Å². The summed E-state index contributed by atoms with van der Waals surface area (Å²) in [4.78, 5) is 17.0. The average Bonchev–Trinajstić information content (AvgIpc) is 2.70. The number of piperazine rings is 1. The van der Waals surface area contributed by atoms with Crippen LogP contribution in [0.5, 0.6) is 0 Å². The summed E-state index contributed by atoms with van der Waals surface area (Å²) in [5, 5.41) is 3.42. The summed E-state index contributed by atoms with van der Waals surface area (Å²) in [6.07, 6.45) is 1.54. The van der Waals surface area contributed by atoms with Crippen molar-refractivity contribution in [2.75, 3.05) is 42.9 Å². The largest absolute Gasteiger partial charge is 0.384 e. The van der Waals surface area contributed by atoms with Crippen molar-refractivity contribution in [1.82, 2.24) is 4.90 Å². The van der Waals surface area contributed by atoms with Gasteiger partial charge in [-0.05, 0) is 49.1 Å². The summed E-state index contributed by atoms with van der Waals surface area (Å²) in [5.74, 6) is 0.247. The Morgan fingerprint density at radius 1 is 1.00 bits per heavy atom. The second kappa shape index (κ2) is 8.94. The first kappa shape index (κ1) is 19.3. The van der Waals surface area contributed by atoms with E-state index in [4.69, 9.17) is 0 Å². The highest BCUT2D eigenvalue weighted by Crippen LogP contribution is 2.24. The van der Waals surface area contributed by atoms with E-state index in [9.17, 15) is 4.79 Å². The van der Waals surface area contributed by atoms with Gasteiger partial charge in [0, 0.05) is 50.5 Å². The molecule has 0 radical (unpaired) electrons. The van der Waals surface area contributed by atoms with Crippen molar-refractivity contribution < 1.29 is 4.79 Å². The van der Waals surface area contributed by atoms with E-state index < -0.39 is 0 Å². The minimum atomic E-state index is 0.247. The molecule has 4 nitrogen and oxygen atoms in total. The lowest BCUT2D eigenvalue weighted by atomic mass is 10.1. The summed E-state index contributed by atoms with van der Waals surface area (Å²) in [6, 6.07) is 14.8. The molecule has 2 aromatic carbocycles. The molecule has 1 fully saturated rings. The maximum atomic E-state index is 12.6. The number of rotatable bonds is 6. The van der Waals surface area contributed by atoms with Gasteiger partial charge in [0.05, 0.1) is 0 Å². The highest BCUT2D eigenvalue weighted by Gasteiger charge is 2.22. The minimum absolute atomic E-state index is 0.247. The molecule has 1 aliphatic rings. The molecule has 0 spiro atoms. The number of carbonyl (C=O) groups is 1. The average molecular weight is 366 g/mol. The van der Waals surface area contributed by atoms with Gasteiger partial charge < -0.3 is 15.1 Å². The van der Waals surface area contributed by atoms with Crippen LogP contribution in [0.1, 0.15) is 30.0 Å². The number of amides is 1. The number of nitrogens with one attached hydrogen (secondary N) is 1. The number of hydrogen-bond acceptors (Lipinski definition) is 3. The minimum Gasteiger partial charge on any atom is -0.384 e. The van der Waals surface area contributed by atoms with Gasteiger partial charge in [-0.3, -0.25) is 4.79 Å². The number of hydrogen-bond donors (Lipinski definition) is 1. The van der Waals surface area contributed by atoms with E-state index in [0.717, 1.165) is 38.3 Å². The Kier molecular flexibility index (Phi) is 6.38. The molecular weight excluding hydrogens is 334 g/mol. The van der Waals surface area contributed by atoms with Gasteiger partial charge in [-0.1, -0.05) is 37.3 Å². The van der Waals surface area contributed by atoms with Crippen LogP contribution in [0.25, 0.3) is 0 Å². The lowest BCUT2D eigenvalue weighted by Gasteiger charge is -2.37. The van der Waals surface area contributed by atoms with Crippen molar-refractivity contribution >= 4 is 17.3 Å². The van der Waals surface area contributed by atoms with E-state index in [-0.39, 0.29) is 5.91 Å². The lowest BCUT2D eigenvalue weighted by molar-refractivity contribution is -0.131. The molecule has 0 bridgehead atoms. The third kappa shape index (κ3) is 4.62. The first-order chi connectivity index (χ1) is 13.1. The van der Waals surface area contributed by atoms with E-state index >= 15 is 0 Å². The topological polar surface area (TPSA) is 35.6 Å². The van der Waals surface area contributed by atoms with Crippen molar-refractivity contribution in [3.05, 3.63) is 59.2 Å². The number of benzene rings is 2. The van der Waals surface area contributed by atoms with Gasteiger partial charge in [0.1, 0.15) is 0 Å². The molecule has 0 atom stereocenters. The molecule has 0 unspecified atom stereocenters. The molecule has 1 heterocycles. The van der Waals surface area contributed by atoms with Crippen LogP contribution in [0.2, 0.25) is 0 Å². The van der Waals surface area contributed by atoms with Crippen LogP contribution in [-0.4, -0.2) is 43.5 Å². The number of carbonyl (C=O) groups excluding carboxylic acids is 1. The smallest absolute Gasteiger partial charge is 0.224 e. The third-order valence-electron chi connectivity index (χ3n) is 5.60. The molecular formula is C23H31N3O. The Morgan fingerprint density at radius 3 is 2.48 bits per heavy atom. The molecule has 1 saturated heterocycles. The number of nitrogens with zero attached hydrogens (tertiary/aromatic N) is 2. The summed E-state index contributed by atoms with van der Waals surface area (Å²) in [5.41, 5.74) is 6.42. The molecule has 1 aliphatic heterocycles. The van der Waals surface area contributed by atoms with Crippen molar-refractivity contribution in [3.63, 3.8) is 0 Å². The highest BCUT2D eigenvalue weighted by atomic mass is 16.2. The summed E-state index contributed by atoms with van der Waals surface area (Å²) in [7, 11) is 0. The van der Waals surface area contributed by atoms with E-state index in [1.165, 1.54) is 22.4 Å². The van der Waals surface area contributed by atoms with Gasteiger partial charge in [0.15, 0.2) is 0 Å². The Morgan fingerprint density at radius 2 is 1.74 bits per heavy atom. The summed E-state index contributed by atoms with van der Waals surface area (Å²) in [6.45, 7) is 10.6. The fourth-order valence-corrected chi connectivity index (χ4v) is 3.74. The predicted molar refractivity (Wildman–Crippen MR) is 114 cm³/mol. The van der Waals surface area contributed by atoms with Gasteiger partial charge in [-0.15, -0.1) is 0 Å². The standard InChI is InChI=1S/C23H31N3O/c1-4-20-9-5-6-10-21(20)24-13-12-23(27)26-16-14-25(15-17-26)22-11-7-8-18(2)19(22)3/h5-11,24H,4,12-17H2,1-3H3. The molecule has 144 valence electrons. The summed E-state index contributed by atoms with van der Waals surface area (Å²) >= 11 is 0. The Hall–Kier alpha value is -2.49. The molecule has 0 aromatic heterocycles. The SMILES string of the molecule is CCc1ccccc1NCCC(=O)N1CCN(c2cccc(C)c2C)CC1. The zero-order chi connectivity index (χ0) is 19.2. The molecule has 0 aliphatic carbocycles. The Labute approximate surface area is 163 Å². The van der Waals surface area contributed by atoms with Gasteiger partial charge in [-0.25, -0.2) is 0 Å². The first-order valence-electron chi connectivity index (χ1n) is 10.0. The second-order valence-corrected chi connectivity index (χ2v) is 7.27. The van der Waals surface area contributed by atoms with Crippen LogP contribution in [-0.2, 0) is 11.2 Å².